The first-order chi connectivity index (χ1) is 16.3. The van der Waals surface area contributed by atoms with Gasteiger partial charge in [-0.15, -0.1) is 0 Å². The molecule has 0 saturated carbocycles. The van der Waals surface area contributed by atoms with E-state index in [2.05, 4.69) is 20.6 Å². The zero-order valence-electron chi connectivity index (χ0n) is 19.0. The summed E-state index contributed by atoms with van der Waals surface area (Å²) in [5.74, 6) is -1.59. The van der Waals surface area contributed by atoms with Gasteiger partial charge in [0, 0.05) is 19.2 Å². The number of hydrogen-bond donors (Lipinski definition) is 3. The van der Waals surface area contributed by atoms with Gasteiger partial charge in [-0.25, -0.2) is 9.97 Å². The molecule has 2 atom stereocenters. The predicted molar refractivity (Wildman–Crippen MR) is 122 cm³/mol. The number of likely N-dealkylation sites (tertiary alicyclic amines) is 1. The Kier molecular flexibility index (Phi) is 6.44. The van der Waals surface area contributed by atoms with Gasteiger partial charge in [-0.1, -0.05) is 6.92 Å². The Labute approximate surface area is 196 Å². The number of hydrogen-bond acceptors (Lipinski definition) is 7. The molecule has 2 aromatic rings. The lowest BCUT2D eigenvalue weighted by Crippen LogP contribution is -2.46. The minimum Gasteiger partial charge on any atom is -0.480 e. The molecule has 4 rings (SSSR count). The molecule has 0 unspecified atom stereocenters. The third-order valence-corrected chi connectivity index (χ3v) is 6.09. The number of piperidine rings is 1. The molecule has 4 heterocycles. The Hall–Kier alpha value is -4.02. The number of rotatable bonds is 4. The summed E-state index contributed by atoms with van der Waals surface area (Å²) in [4.78, 5) is 59.2. The zero-order valence-corrected chi connectivity index (χ0v) is 19.0. The van der Waals surface area contributed by atoms with Gasteiger partial charge in [-0.3, -0.25) is 19.2 Å². The van der Waals surface area contributed by atoms with Crippen molar-refractivity contribution in [3.8, 4) is 5.88 Å². The highest BCUT2D eigenvalue weighted by Gasteiger charge is 2.35. The van der Waals surface area contributed by atoms with Crippen molar-refractivity contribution >= 4 is 35.1 Å². The number of amides is 4. The van der Waals surface area contributed by atoms with Crippen LogP contribution in [0.15, 0.2) is 24.5 Å². The van der Waals surface area contributed by atoms with Gasteiger partial charge in [0.1, 0.15) is 11.4 Å². The lowest BCUT2D eigenvalue weighted by atomic mass is 9.89. The van der Waals surface area contributed by atoms with Crippen molar-refractivity contribution in [1.82, 2.24) is 14.9 Å². The number of nitrogens with one attached hydrogen (secondary N) is 2. The molecular weight excluding hydrogens is 440 g/mol. The van der Waals surface area contributed by atoms with Gasteiger partial charge in [0.05, 0.1) is 25.0 Å². The van der Waals surface area contributed by atoms with Crippen LogP contribution in [-0.2, 0) is 20.8 Å². The number of aromatic nitrogens is 2. The lowest BCUT2D eigenvalue weighted by Gasteiger charge is -2.38. The van der Waals surface area contributed by atoms with Gasteiger partial charge < -0.3 is 26.0 Å². The molecule has 0 spiro atoms. The van der Waals surface area contributed by atoms with Crippen LogP contribution in [0.4, 0.5) is 11.5 Å². The average Bonchev–Trinajstić information content (AvgIpc) is 2.83. The van der Waals surface area contributed by atoms with Crippen LogP contribution in [0.1, 0.15) is 53.7 Å². The minimum atomic E-state index is -0.848. The van der Waals surface area contributed by atoms with Crippen molar-refractivity contribution < 1.29 is 23.9 Å². The molecule has 2 aliphatic rings. The maximum atomic E-state index is 13.2. The third-order valence-electron chi connectivity index (χ3n) is 6.09. The third kappa shape index (κ3) is 4.68. The predicted octanol–water partition coefficient (Wildman–Crippen LogP) is 1.41. The number of methoxy groups -OCH3 is 1. The fourth-order valence-corrected chi connectivity index (χ4v) is 4.36. The summed E-state index contributed by atoms with van der Waals surface area (Å²) in [6.07, 6.45) is 5.47. The van der Waals surface area contributed by atoms with Crippen molar-refractivity contribution in [3.05, 3.63) is 41.2 Å². The Bertz CT molecular complexity index is 1170. The number of carbonyl (C=O) groups excluding carboxylic acids is 4. The second-order valence-electron chi connectivity index (χ2n) is 8.58. The van der Waals surface area contributed by atoms with E-state index in [1.54, 1.807) is 11.1 Å². The van der Waals surface area contributed by atoms with E-state index < -0.39 is 17.7 Å². The Morgan fingerprint density at radius 1 is 1.18 bits per heavy atom. The smallest absolute Gasteiger partial charge is 0.313 e. The van der Waals surface area contributed by atoms with Crippen LogP contribution in [0.25, 0.3) is 0 Å². The van der Waals surface area contributed by atoms with Gasteiger partial charge in [-0.05, 0) is 48.4 Å². The fraction of sp³-hybridized carbons (Fsp3) is 0.391. The molecule has 0 radical (unpaired) electrons. The van der Waals surface area contributed by atoms with Gasteiger partial charge >= 0.3 is 11.8 Å². The Morgan fingerprint density at radius 3 is 2.71 bits per heavy atom. The first-order valence-electron chi connectivity index (χ1n) is 11.0. The van der Waals surface area contributed by atoms with Crippen molar-refractivity contribution in [2.24, 2.45) is 11.7 Å². The Morgan fingerprint density at radius 2 is 1.97 bits per heavy atom. The van der Waals surface area contributed by atoms with Crippen LogP contribution in [0.5, 0.6) is 5.88 Å². The quantitative estimate of drug-likeness (QED) is 0.575. The molecule has 11 nitrogen and oxygen atoms in total. The topological polar surface area (TPSA) is 157 Å². The second-order valence-corrected chi connectivity index (χ2v) is 8.58. The van der Waals surface area contributed by atoms with Crippen molar-refractivity contribution in [2.75, 3.05) is 24.3 Å². The molecule has 178 valence electrons. The summed E-state index contributed by atoms with van der Waals surface area (Å²) in [7, 11) is 1.34. The normalized spacial score (nSPS) is 19.6. The van der Waals surface area contributed by atoms with E-state index in [1.165, 1.54) is 19.4 Å². The molecule has 11 heteroatoms. The number of anilines is 2. The van der Waals surface area contributed by atoms with Crippen molar-refractivity contribution in [1.29, 1.82) is 0 Å². The number of fused-ring (bicyclic) bond motifs is 1. The van der Waals surface area contributed by atoms with Crippen molar-refractivity contribution in [3.63, 3.8) is 0 Å². The molecule has 0 aromatic carbocycles. The van der Waals surface area contributed by atoms with Crippen LogP contribution >= 0.6 is 0 Å². The first kappa shape index (κ1) is 23.1. The number of nitrogens with two attached hydrogens (primary N) is 1. The van der Waals surface area contributed by atoms with Gasteiger partial charge in [0.15, 0.2) is 0 Å². The minimum absolute atomic E-state index is 0.00977. The number of ether oxygens (including phenoxy) is 1. The van der Waals surface area contributed by atoms with E-state index in [4.69, 9.17) is 10.5 Å². The highest BCUT2D eigenvalue weighted by atomic mass is 16.5. The maximum absolute atomic E-state index is 13.2. The summed E-state index contributed by atoms with van der Waals surface area (Å²) in [5, 5.41) is 5.26. The molecule has 2 aromatic heterocycles. The van der Waals surface area contributed by atoms with Gasteiger partial charge in [-0.2, -0.15) is 0 Å². The standard InChI is InChI=1S/C23H26N6O5/c1-12-3-5-17(14-7-13-4-6-18(30)28-20(13)25-9-14)29(11-12)23(33)21(32)27-15-8-16(19(24)31)22(34-2)26-10-15/h7-10,12,17H,3-6,11H2,1-2H3,(H2,24,31)(H,27,32)(H,25,28,30)/t12-,17+/m1/s1. The van der Waals surface area contributed by atoms with Crippen LogP contribution in [-0.4, -0.2) is 52.2 Å². The number of carbonyl (C=O) groups is 4. The van der Waals surface area contributed by atoms with E-state index in [9.17, 15) is 19.2 Å². The van der Waals surface area contributed by atoms with E-state index in [-0.39, 0.29) is 35.0 Å². The monoisotopic (exact) mass is 466 g/mol. The molecule has 0 aliphatic carbocycles. The van der Waals surface area contributed by atoms with Gasteiger partial charge in [0.25, 0.3) is 5.91 Å². The lowest BCUT2D eigenvalue weighted by molar-refractivity contribution is -0.146. The molecule has 34 heavy (non-hydrogen) atoms. The van der Waals surface area contributed by atoms with E-state index in [0.29, 0.717) is 31.6 Å². The van der Waals surface area contributed by atoms with Crippen LogP contribution < -0.4 is 21.1 Å². The summed E-state index contributed by atoms with van der Waals surface area (Å²) in [5.41, 5.74) is 7.23. The number of aryl methyl sites for hydroxylation is 1. The highest BCUT2D eigenvalue weighted by Crippen LogP contribution is 2.35. The molecule has 2 aliphatic heterocycles. The second kappa shape index (κ2) is 9.46. The summed E-state index contributed by atoms with van der Waals surface area (Å²) in [6, 6.07) is 2.95. The van der Waals surface area contributed by atoms with E-state index in [0.717, 1.165) is 17.5 Å². The SMILES string of the molecule is COc1ncc(NC(=O)C(=O)N2C[C@H](C)CC[C@H]2c2cnc3c(c2)CCC(=O)N3)cc1C(N)=O. The summed E-state index contributed by atoms with van der Waals surface area (Å²) in [6.45, 7) is 2.44. The summed E-state index contributed by atoms with van der Waals surface area (Å²) >= 11 is 0. The van der Waals surface area contributed by atoms with E-state index >= 15 is 0 Å². The average molecular weight is 466 g/mol. The molecule has 1 saturated heterocycles. The maximum Gasteiger partial charge on any atom is 0.313 e. The van der Waals surface area contributed by atoms with Crippen molar-refractivity contribution in [2.45, 2.75) is 38.6 Å². The number of pyridine rings is 2. The largest absolute Gasteiger partial charge is 0.480 e. The summed E-state index contributed by atoms with van der Waals surface area (Å²) < 4.78 is 5.00. The molecule has 4 N–H and O–H groups in total. The molecular formula is C23H26N6O5. The van der Waals surface area contributed by atoms with Crippen LogP contribution in [0, 0.1) is 5.92 Å². The fourth-order valence-electron chi connectivity index (χ4n) is 4.36. The van der Waals surface area contributed by atoms with Gasteiger partial charge in [0.2, 0.25) is 11.8 Å². The number of primary amides is 1. The molecule has 4 amide bonds. The molecule has 1 fully saturated rings. The molecule has 0 bridgehead atoms. The van der Waals surface area contributed by atoms with Crippen LogP contribution in [0.3, 0.4) is 0 Å². The first-order valence-corrected chi connectivity index (χ1v) is 11.0. The Balaban J connectivity index is 1.55. The highest BCUT2D eigenvalue weighted by molar-refractivity contribution is 6.39. The van der Waals surface area contributed by atoms with Crippen LogP contribution in [0.2, 0.25) is 0 Å². The zero-order chi connectivity index (χ0) is 24.4. The number of nitrogens with zero attached hydrogens (tertiary/aromatic N) is 3. The van der Waals surface area contributed by atoms with E-state index in [1.807, 2.05) is 13.0 Å².